The highest BCUT2D eigenvalue weighted by Gasteiger charge is 2.18. The van der Waals surface area contributed by atoms with Crippen molar-refractivity contribution in [2.45, 2.75) is 26.7 Å². The molecule has 0 spiro atoms. The maximum atomic E-state index is 12.1. The van der Waals surface area contributed by atoms with Crippen molar-refractivity contribution in [3.05, 3.63) is 23.8 Å². The fraction of sp³-hybridized carbons (Fsp3) is 0.429. The molecule has 1 unspecified atom stereocenters. The molecule has 1 atom stereocenters. The predicted molar refractivity (Wildman–Crippen MR) is 78.2 cm³/mol. The minimum atomic E-state index is -0.122. The highest BCUT2D eigenvalue weighted by Crippen LogP contribution is 2.29. The lowest BCUT2D eigenvalue weighted by atomic mass is 10.0. The number of anilines is 1. The zero-order chi connectivity index (χ0) is 15.1. The number of para-hydroxylation sites is 1. The van der Waals surface area contributed by atoms with Crippen molar-refractivity contribution >= 4 is 17.4 Å². The van der Waals surface area contributed by atoms with Crippen LogP contribution in [0.25, 0.3) is 0 Å². The first-order valence-corrected chi connectivity index (χ1v) is 6.50. The lowest BCUT2D eigenvalue weighted by Gasteiger charge is -2.16. The van der Waals surface area contributed by atoms with E-state index in [4.69, 9.17) is 15.7 Å². The van der Waals surface area contributed by atoms with Crippen molar-refractivity contribution in [2.24, 2.45) is 16.8 Å². The molecular weight excluding hydrogens is 258 g/mol. The topological polar surface area (TPSA) is 96.9 Å². The van der Waals surface area contributed by atoms with Crippen LogP contribution in [0.4, 0.5) is 5.69 Å². The van der Waals surface area contributed by atoms with Gasteiger partial charge in [0.25, 0.3) is 0 Å². The Labute approximate surface area is 118 Å². The minimum Gasteiger partial charge on any atom is -0.495 e. The summed E-state index contributed by atoms with van der Waals surface area (Å²) in [5.74, 6) is 0.141. The van der Waals surface area contributed by atoms with Crippen LogP contribution in [-0.4, -0.2) is 24.1 Å². The van der Waals surface area contributed by atoms with E-state index in [1.807, 2.05) is 13.8 Å². The molecule has 1 rings (SSSR count). The second-order valence-corrected chi connectivity index (χ2v) is 4.55. The SMILES string of the molecule is CCCC(C)C(=O)Nc1c(OC)cccc1/C(N)=N/O. The molecule has 4 N–H and O–H groups in total. The number of amidine groups is 1. The summed E-state index contributed by atoms with van der Waals surface area (Å²) in [5.41, 5.74) is 6.46. The zero-order valence-electron chi connectivity index (χ0n) is 12.0. The van der Waals surface area contributed by atoms with E-state index in [1.54, 1.807) is 18.2 Å². The summed E-state index contributed by atoms with van der Waals surface area (Å²) in [4.78, 5) is 12.1. The Hall–Kier alpha value is -2.24. The van der Waals surface area contributed by atoms with Gasteiger partial charge in [-0.1, -0.05) is 31.5 Å². The van der Waals surface area contributed by atoms with Crippen molar-refractivity contribution in [3.63, 3.8) is 0 Å². The molecule has 0 bridgehead atoms. The molecule has 0 heterocycles. The van der Waals surface area contributed by atoms with Crippen LogP contribution in [0.3, 0.4) is 0 Å². The van der Waals surface area contributed by atoms with Crippen LogP contribution < -0.4 is 15.8 Å². The molecule has 0 aliphatic heterocycles. The third kappa shape index (κ3) is 3.63. The molecule has 0 aromatic heterocycles. The number of oxime groups is 1. The van der Waals surface area contributed by atoms with E-state index in [-0.39, 0.29) is 17.7 Å². The van der Waals surface area contributed by atoms with Gasteiger partial charge in [0, 0.05) is 11.5 Å². The van der Waals surface area contributed by atoms with Gasteiger partial charge in [0.15, 0.2) is 5.84 Å². The average Bonchev–Trinajstić information content (AvgIpc) is 2.46. The monoisotopic (exact) mass is 279 g/mol. The Morgan fingerprint density at radius 1 is 1.55 bits per heavy atom. The van der Waals surface area contributed by atoms with Crippen LogP contribution in [-0.2, 0) is 4.79 Å². The van der Waals surface area contributed by atoms with Gasteiger partial charge in [-0.25, -0.2) is 0 Å². The molecule has 6 nitrogen and oxygen atoms in total. The normalized spacial score (nSPS) is 12.8. The van der Waals surface area contributed by atoms with Gasteiger partial charge < -0.3 is 21.0 Å². The smallest absolute Gasteiger partial charge is 0.227 e. The van der Waals surface area contributed by atoms with Crippen molar-refractivity contribution in [3.8, 4) is 5.75 Å². The zero-order valence-corrected chi connectivity index (χ0v) is 12.0. The summed E-state index contributed by atoms with van der Waals surface area (Å²) in [6.45, 7) is 3.88. The first-order chi connectivity index (χ1) is 9.54. The van der Waals surface area contributed by atoms with E-state index in [0.29, 0.717) is 17.0 Å². The standard InChI is InChI=1S/C14H21N3O3/c1-4-6-9(2)14(18)16-12-10(13(15)17-19)7-5-8-11(12)20-3/h5,7-9,19H,4,6H2,1-3H3,(H2,15,17)(H,16,18). The van der Waals surface area contributed by atoms with E-state index in [9.17, 15) is 4.79 Å². The van der Waals surface area contributed by atoms with E-state index in [0.717, 1.165) is 12.8 Å². The molecule has 20 heavy (non-hydrogen) atoms. The quantitative estimate of drug-likeness (QED) is 0.322. The fourth-order valence-electron chi connectivity index (χ4n) is 1.91. The maximum Gasteiger partial charge on any atom is 0.227 e. The number of hydrogen-bond donors (Lipinski definition) is 3. The van der Waals surface area contributed by atoms with Gasteiger partial charge >= 0.3 is 0 Å². The van der Waals surface area contributed by atoms with Crippen molar-refractivity contribution in [2.75, 3.05) is 12.4 Å². The Morgan fingerprint density at radius 2 is 2.25 bits per heavy atom. The van der Waals surface area contributed by atoms with Crippen LogP contribution in [0.1, 0.15) is 32.3 Å². The number of carbonyl (C=O) groups is 1. The molecule has 0 saturated heterocycles. The lowest BCUT2D eigenvalue weighted by molar-refractivity contribution is -0.119. The molecule has 0 saturated carbocycles. The third-order valence-corrected chi connectivity index (χ3v) is 3.05. The molecule has 0 radical (unpaired) electrons. The number of methoxy groups -OCH3 is 1. The number of ether oxygens (including phenoxy) is 1. The summed E-state index contributed by atoms with van der Waals surface area (Å²) >= 11 is 0. The number of nitrogens with one attached hydrogen (secondary N) is 1. The molecule has 0 aliphatic carbocycles. The summed E-state index contributed by atoms with van der Waals surface area (Å²) in [6.07, 6.45) is 1.72. The molecule has 0 aliphatic rings. The van der Waals surface area contributed by atoms with E-state index in [2.05, 4.69) is 10.5 Å². The first-order valence-electron chi connectivity index (χ1n) is 6.50. The highest BCUT2D eigenvalue weighted by atomic mass is 16.5. The molecule has 6 heteroatoms. The molecular formula is C14H21N3O3. The summed E-state index contributed by atoms with van der Waals surface area (Å²) in [5, 5.41) is 14.6. The third-order valence-electron chi connectivity index (χ3n) is 3.05. The van der Waals surface area contributed by atoms with Gasteiger partial charge in [0.1, 0.15) is 5.75 Å². The number of rotatable bonds is 6. The largest absolute Gasteiger partial charge is 0.495 e. The summed E-state index contributed by atoms with van der Waals surface area (Å²) in [6, 6.07) is 5.06. The average molecular weight is 279 g/mol. The molecule has 1 amide bonds. The highest BCUT2D eigenvalue weighted by molar-refractivity contribution is 6.07. The van der Waals surface area contributed by atoms with Crippen LogP contribution >= 0.6 is 0 Å². The number of nitrogens with zero attached hydrogens (tertiary/aromatic N) is 1. The molecule has 1 aromatic rings. The second-order valence-electron chi connectivity index (χ2n) is 4.55. The Kier molecular flexibility index (Phi) is 5.83. The maximum absolute atomic E-state index is 12.1. The van der Waals surface area contributed by atoms with Gasteiger partial charge in [-0.15, -0.1) is 0 Å². The molecule has 1 aromatic carbocycles. The number of nitrogens with two attached hydrogens (primary N) is 1. The second kappa shape index (κ2) is 7.37. The Bertz CT molecular complexity index is 500. The van der Waals surface area contributed by atoms with Crippen molar-refractivity contribution in [1.29, 1.82) is 0 Å². The van der Waals surface area contributed by atoms with Crippen molar-refractivity contribution < 1.29 is 14.7 Å². The minimum absolute atomic E-state index is 0.0812. The molecule has 0 fully saturated rings. The fourth-order valence-corrected chi connectivity index (χ4v) is 1.91. The van der Waals surface area contributed by atoms with Gasteiger partial charge in [-0.3, -0.25) is 4.79 Å². The van der Waals surface area contributed by atoms with Crippen LogP contribution in [0.5, 0.6) is 5.75 Å². The summed E-state index contributed by atoms with van der Waals surface area (Å²) in [7, 11) is 1.50. The number of carbonyl (C=O) groups excluding carboxylic acids is 1. The number of amides is 1. The van der Waals surface area contributed by atoms with Gasteiger partial charge in [0.2, 0.25) is 5.91 Å². The Balaban J connectivity index is 3.11. The first kappa shape index (κ1) is 15.8. The summed E-state index contributed by atoms with van der Waals surface area (Å²) < 4.78 is 5.21. The number of benzene rings is 1. The van der Waals surface area contributed by atoms with Crippen LogP contribution in [0, 0.1) is 5.92 Å². The van der Waals surface area contributed by atoms with E-state index in [1.165, 1.54) is 7.11 Å². The van der Waals surface area contributed by atoms with Crippen LogP contribution in [0.15, 0.2) is 23.4 Å². The predicted octanol–water partition coefficient (Wildman–Crippen LogP) is 2.16. The Morgan fingerprint density at radius 3 is 2.80 bits per heavy atom. The van der Waals surface area contributed by atoms with E-state index < -0.39 is 0 Å². The van der Waals surface area contributed by atoms with Gasteiger partial charge in [-0.2, -0.15) is 0 Å². The van der Waals surface area contributed by atoms with E-state index >= 15 is 0 Å². The van der Waals surface area contributed by atoms with Gasteiger partial charge in [-0.05, 0) is 18.6 Å². The van der Waals surface area contributed by atoms with Crippen LogP contribution in [0.2, 0.25) is 0 Å². The van der Waals surface area contributed by atoms with Crippen molar-refractivity contribution in [1.82, 2.24) is 0 Å². The van der Waals surface area contributed by atoms with Gasteiger partial charge in [0.05, 0.1) is 12.8 Å². The number of hydrogen-bond acceptors (Lipinski definition) is 4. The molecule has 110 valence electrons. The lowest BCUT2D eigenvalue weighted by Crippen LogP contribution is -2.24.